The highest BCUT2D eigenvalue weighted by molar-refractivity contribution is 6.31. The average Bonchev–Trinajstić information content (AvgIpc) is 3.31. The Balaban J connectivity index is 1.26. The zero-order valence-corrected chi connectivity index (χ0v) is 22.5. The van der Waals surface area contributed by atoms with E-state index in [1.165, 1.54) is 5.56 Å². The first kappa shape index (κ1) is 27.2. The molecule has 7 nitrogen and oxygen atoms in total. The summed E-state index contributed by atoms with van der Waals surface area (Å²) in [6.07, 6.45) is 0.166. The number of amides is 3. The van der Waals surface area contributed by atoms with Gasteiger partial charge in [-0.25, -0.2) is 0 Å². The molecule has 0 aromatic heterocycles. The van der Waals surface area contributed by atoms with Gasteiger partial charge in [0.05, 0.1) is 5.92 Å². The number of hydrogen-bond donors (Lipinski definition) is 2. The molecule has 8 heteroatoms. The van der Waals surface area contributed by atoms with Gasteiger partial charge in [-0.1, -0.05) is 55.8 Å². The van der Waals surface area contributed by atoms with Crippen LogP contribution in [-0.2, 0) is 20.9 Å². The van der Waals surface area contributed by atoms with E-state index in [9.17, 15) is 14.4 Å². The van der Waals surface area contributed by atoms with Crippen molar-refractivity contribution in [1.82, 2.24) is 5.32 Å². The molecule has 0 radical (unpaired) electrons. The van der Waals surface area contributed by atoms with E-state index in [-0.39, 0.29) is 30.7 Å². The third kappa shape index (κ3) is 6.72. The minimum atomic E-state index is -0.410. The van der Waals surface area contributed by atoms with Crippen molar-refractivity contribution in [3.63, 3.8) is 0 Å². The highest BCUT2D eigenvalue weighted by Gasteiger charge is 2.35. The average molecular weight is 534 g/mol. The number of anilines is 2. The van der Waals surface area contributed by atoms with Crippen molar-refractivity contribution >= 4 is 40.7 Å². The predicted octanol–water partition coefficient (Wildman–Crippen LogP) is 5.46. The second-order valence-corrected chi connectivity index (χ2v) is 10.2. The molecule has 1 aliphatic rings. The van der Waals surface area contributed by atoms with Gasteiger partial charge in [0, 0.05) is 35.9 Å². The van der Waals surface area contributed by atoms with E-state index < -0.39 is 5.92 Å². The number of carbonyl (C=O) groups is 3. The van der Waals surface area contributed by atoms with Crippen molar-refractivity contribution in [2.24, 2.45) is 5.92 Å². The molecule has 38 heavy (non-hydrogen) atoms. The molecule has 0 bridgehead atoms. The van der Waals surface area contributed by atoms with Crippen LogP contribution in [0.1, 0.15) is 42.9 Å². The molecule has 3 amide bonds. The lowest BCUT2D eigenvalue weighted by molar-refractivity contribution is -0.126. The van der Waals surface area contributed by atoms with Gasteiger partial charge in [-0.15, -0.1) is 0 Å². The van der Waals surface area contributed by atoms with E-state index in [0.717, 1.165) is 11.1 Å². The Morgan fingerprint density at radius 2 is 1.76 bits per heavy atom. The number of nitrogens with one attached hydrogen (secondary N) is 2. The van der Waals surface area contributed by atoms with Crippen LogP contribution in [0, 0.1) is 12.8 Å². The first-order valence-corrected chi connectivity index (χ1v) is 13.0. The lowest BCUT2D eigenvalue weighted by Crippen LogP contribution is -2.32. The van der Waals surface area contributed by atoms with Gasteiger partial charge in [-0.3, -0.25) is 14.4 Å². The molecule has 1 fully saturated rings. The Morgan fingerprint density at radius 3 is 2.45 bits per heavy atom. The van der Waals surface area contributed by atoms with Gasteiger partial charge < -0.3 is 20.3 Å². The molecular weight excluding hydrogens is 502 g/mol. The normalized spacial score (nSPS) is 15.0. The standard InChI is InChI=1S/C30H32ClN3O4/c1-19(2)22-9-7-21(8-10-22)16-32-30(37)23-15-29(36)34(17-23)24-11-13-25(14-12-24)38-18-28(35)33-27-6-4-5-26(31)20(27)3/h4-14,19,23H,15-18H2,1-3H3,(H,32,37)(H,33,35)/t23-/m1/s1. The van der Waals surface area contributed by atoms with Crippen LogP contribution in [0.15, 0.2) is 66.7 Å². The molecule has 2 N–H and O–H groups in total. The zero-order chi connectivity index (χ0) is 27.2. The third-order valence-corrected chi connectivity index (χ3v) is 7.08. The van der Waals surface area contributed by atoms with Crippen LogP contribution in [0.3, 0.4) is 0 Å². The quantitative estimate of drug-likeness (QED) is 0.382. The van der Waals surface area contributed by atoms with Crippen molar-refractivity contribution in [2.45, 2.75) is 39.7 Å². The lowest BCUT2D eigenvalue weighted by atomic mass is 10.0. The van der Waals surface area contributed by atoms with Gasteiger partial charge in [0.15, 0.2) is 6.61 Å². The Hall–Kier alpha value is -3.84. The molecule has 0 saturated carbocycles. The van der Waals surface area contributed by atoms with Crippen molar-refractivity contribution in [2.75, 3.05) is 23.4 Å². The highest BCUT2D eigenvalue weighted by Crippen LogP contribution is 2.27. The molecule has 0 spiro atoms. The Labute approximate surface area is 228 Å². The van der Waals surface area contributed by atoms with E-state index in [2.05, 4.69) is 36.6 Å². The summed E-state index contributed by atoms with van der Waals surface area (Å²) in [5.74, 6) is 0.00592. The largest absolute Gasteiger partial charge is 0.484 e. The highest BCUT2D eigenvalue weighted by atomic mass is 35.5. The number of halogens is 1. The van der Waals surface area contributed by atoms with E-state index in [1.807, 2.05) is 19.1 Å². The first-order chi connectivity index (χ1) is 18.2. The van der Waals surface area contributed by atoms with Crippen LogP contribution in [0.25, 0.3) is 0 Å². The third-order valence-electron chi connectivity index (χ3n) is 6.67. The molecule has 3 aromatic rings. The van der Waals surface area contributed by atoms with E-state index in [1.54, 1.807) is 47.4 Å². The molecule has 0 unspecified atom stereocenters. The summed E-state index contributed by atoms with van der Waals surface area (Å²) >= 11 is 6.10. The van der Waals surface area contributed by atoms with Crippen molar-refractivity contribution in [3.05, 3.63) is 88.4 Å². The molecule has 1 saturated heterocycles. The number of hydrogen-bond acceptors (Lipinski definition) is 4. The molecule has 4 rings (SSSR count). The van der Waals surface area contributed by atoms with Gasteiger partial charge in [0.1, 0.15) is 5.75 Å². The van der Waals surface area contributed by atoms with Gasteiger partial charge >= 0.3 is 0 Å². The Kier molecular flexibility index (Phi) is 8.69. The fourth-order valence-electron chi connectivity index (χ4n) is 4.29. The summed E-state index contributed by atoms with van der Waals surface area (Å²) < 4.78 is 5.60. The molecule has 1 heterocycles. The molecule has 3 aromatic carbocycles. The maximum absolute atomic E-state index is 12.7. The zero-order valence-electron chi connectivity index (χ0n) is 21.8. The summed E-state index contributed by atoms with van der Waals surface area (Å²) in [7, 11) is 0. The van der Waals surface area contributed by atoms with Crippen LogP contribution < -0.4 is 20.3 Å². The fourth-order valence-corrected chi connectivity index (χ4v) is 4.46. The maximum atomic E-state index is 12.7. The lowest BCUT2D eigenvalue weighted by Gasteiger charge is -2.17. The summed E-state index contributed by atoms with van der Waals surface area (Å²) in [5.41, 5.74) is 4.38. The van der Waals surface area contributed by atoms with Crippen LogP contribution >= 0.6 is 11.6 Å². The Morgan fingerprint density at radius 1 is 1.05 bits per heavy atom. The van der Waals surface area contributed by atoms with Gasteiger partial charge in [0.25, 0.3) is 5.91 Å². The van der Waals surface area contributed by atoms with E-state index in [4.69, 9.17) is 16.3 Å². The van der Waals surface area contributed by atoms with Gasteiger partial charge in [-0.05, 0) is 65.9 Å². The van der Waals surface area contributed by atoms with Crippen LogP contribution in [-0.4, -0.2) is 30.9 Å². The van der Waals surface area contributed by atoms with Crippen LogP contribution in [0.2, 0.25) is 5.02 Å². The van der Waals surface area contributed by atoms with Crippen molar-refractivity contribution in [1.29, 1.82) is 0 Å². The number of rotatable bonds is 9. The maximum Gasteiger partial charge on any atom is 0.262 e. The molecule has 198 valence electrons. The summed E-state index contributed by atoms with van der Waals surface area (Å²) in [5, 5.41) is 6.32. The summed E-state index contributed by atoms with van der Waals surface area (Å²) in [6, 6.07) is 20.4. The van der Waals surface area contributed by atoms with Crippen LogP contribution in [0.4, 0.5) is 11.4 Å². The smallest absolute Gasteiger partial charge is 0.262 e. The fraction of sp³-hybridized carbons (Fsp3) is 0.300. The first-order valence-electron chi connectivity index (χ1n) is 12.7. The second-order valence-electron chi connectivity index (χ2n) is 9.76. The van der Waals surface area contributed by atoms with E-state index in [0.29, 0.717) is 41.2 Å². The SMILES string of the molecule is Cc1c(Cl)cccc1NC(=O)COc1ccc(N2C[C@H](C(=O)NCc3ccc(C(C)C)cc3)CC2=O)cc1. The second kappa shape index (κ2) is 12.1. The summed E-state index contributed by atoms with van der Waals surface area (Å²) in [4.78, 5) is 39.3. The molecule has 0 aliphatic carbocycles. The van der Waals surface area contributed by atoms with Gasteiger partial charge in [0.2, 0.25) is 11.8 Å². The monoisotopic (exact) mass is 533 g/mol. The minimum absolute atomic E-state index is 0.101. The van der Waals surface area contributed by atoms with E-state index >= 15 is 0 Å². The molecular formula is C30H32ClN3O4. The topological polar surface area (TPSA) is 87.7 Å². The number of nitrogens with zero attached hydrogens (tertiary/aromatic N) is 1. The minimum Gasteiger partial charge on any atom is -0.484 e. The number of ether oxygens (including phenoxy) is 1. The number of carbonyl (C=O) groups excluding carboxylic acids is 3. The van der Waals surface area contributed by atoms with Crippen molar-refractivity contribution < 1.29 is 19.1 Å². The van der Waals surface area contributed by atoms with Crippen molar-refractivity contribution in [3.8, 4) is 5.75 Å². The molecule has 1 atom stereocenters. The Bertz CT molecular complexity index is 1310. The summed E-state index contributed by atoms with van der Waals surface area (Å²) in [6.45, 7) is 6.69. The number of benzene rings is 3. The van der Waals surface area contributed by atoms with Gasteiger partial charge in [-0.2, -0.15) is 0 Å². The predicted molar refractivity (Wildman–Crippen MR) is 150 cm³/mol. The molecule has 1 aliphatic heterocycles. The van der Waals surface area contributed by atoms with Crippen LogP contribution in [0.5, 0.6) is 5.75 Å².